The SMILES string of the molecule is Cc1nc(COc2ccc(C(=O)NCC(C)C)cc2-c2ccc3oc(-c4ccc(F)cc4)c(C=O)c3c2)c[nH]1. The maximum Gasteiger partial charge on any atom is 0.251 e. The van der Waals surface area contributed by atoms with Gasteiger partial charge in [-0.3, -0.25) is 9.59 Å². The summed E-state index contributed by atoms with van der Waals surface area (Å²) < 4.78 is 25.6. The molecule has 2 heterocycles. The predicted molar refractivity (Wildman–Crippen MR) is 147 cm³/mol. The standard InChI is InChI=1S/C31H28FN3O4/c1-18(2)14-34-31(37)22-7-10-28(38-17-24-15-33-19(3)35-24)25(13-22)21-6-11-29-26(12-21)27(16-36)30(39-29)20-4-8-23(32)9-5-20/h4-13,15-16,18H,14,17H2,1-3H3,(H,33,35)(H,34,37). The van der Waals surface area contributed by atoms with E-state index in [2.05, 4.69) is 15.3 Å². The van der Waals surface area contributed by atoms with Crippen LogP contribution in [0.5, 0.6) is 5.75 Å². The number of hydrogen-bond acceptors (Lipinski definition) is 5. The van der Waals surface area contributed by atoms with Gasteiger partial charge in [-0.15, -0.1) is 0 Å². The molecule has 0 atom stereocenters. The van der Waals surface area contributed by atoms with Crippen molar-refractivity contribution in [3.63, 3.8) is 0 Å². The Kier molecular flexibility index (Phi) is 7.27. The van der Waals surface area contributed by atoms with Crippen LogP contribution in [-0.4, -0.2) is 28.7 Å². The van der Waals surface area contributed by atoms with E-state index in [1.165, 1.54) is 12.1 Å². The zero-order valence-electron chi connectivity index (χ0n) is 21.9. The molecule has 0 aliphatic rings. The van der Waals surface area contributed by atoms with Crippen LogP contribution in [0.3, 0.4) is 0 Å². The molecule has 0 radical (unpaired) electrons. The lowest BCUT2D eigenvalue weighted by molar-refractivity contribution is 0.0948. The van der Waals surface area contributed by atoms with Gasteiger partial charge in [-0.25, -0.2) is 9.37 Å². The summed E-state index contributed by atoms with van der Waals surface area (Å²) in [6.45, 7) is 6.72. The minimum Gasteiger partial charge on any atom is -0.487 e. The van der Waals surface area contributed by atoms with E-state index in [-0.39, 0.29) is 18.3 Å². The highest BCUT2D eigenvalue weighted by molar-refractivity contribution is 6.04. The fourth-order valence-electron chi connectivity index (χ4n) is 4.33. The Morgan fingerprint density at radius 1 is 1.10 bits per heavy atom. The predicted octanol–water partition coefficient (Wildman–Crippen LogP) is 6.71. The number of nitrogens with one attached hydrogen (secondary N) is 2. The quantitative estimate of drug-likeness (QED) is 0.208. The number of nitrogens with zero attached hydrogens (tertiary/aromatic N) is 1. The first-order valence-corrected chi connectivity index (χ1v) is 12.7. The summed E-state index contributed by atoms with van der Waals surface area (Å²) in [6.07, 6.45) is 2.52. The lowest BCUT2D eigenvalue weighted by Crippen LogP contribution is -2.27. The van der Waals surface area contributed by atoms with Gasteiger partial charge in [0.1, 0.15) is 35.3 Å². The van der Waals surface area contributed by atoms with Gasteiger partial charge < -0.3 is 19.5 Å². The second-order valence-electron chi connectivity index (χ2n) is 9.76. The smallest absolute Gasteiger partial charge is 0.251 e. The zero-order chi connectivity index (χ0) is 27.5. The van der Waals surface area contributed by atoms with Crippen LogP contribution in [0.15, 0.2) is 71.3 Å². The second-order valence-corrected chi connectivity index (χ2v) is 9.76. The number of aromatic nitrogens is 2. The van der Waals surface area contributed by atoms with Gasteiger partial charge >= 0.3 is 0 Å². The number of aryl methyl sites for hydroxylation is 1. The second kappa shape index (κ2) is 10.9. The Bertz CT molecular complexity index is 1650. The van der Waals surface area contributed by atoms with E-state index >= 15 is 0 Å². The Morgan fingerprint density at radius 2 is 1.87 bits per heavy atom. The summed E-state index contributed by atoms with van der Waals surface area (Å²) in [5.74, 6) is 1.47. The minimum atomic E-state index is -0.375. The number of aldehydes is 1. The van der Waals surface area contributed by atoms with Gasteiger partial charge in [0, 0.05) is 34.8 Å². The number of hydrogen-bond donors (Lipinski definition) is 2. The van der Waals surface area contributed by atoms with Crippen LogP contribution in [0, 0.1) is 18.7 Å². The van der Waals surface area contributed by atoms with Crippen molar-refractivity contribution < 1.29 is 23.1 Å². The van der Waals surface area contributed by atoms with Crippen LogP contribution in [0.2, 0.25) is 0 Å². The van der Waals surface area contributed by atoms with Crippen molar-refractivity contribution in [2.45, 2.75) is 27.4 Å². The van der Waals surface area contributed by atoms with Crippen LogP contribution in [0.4, 0.5) is 4.39 Å². The van der Waals surface area contributed by atoms with Crippen molar-refractivity contribution in [2.75, 3.05) is 6.54 Å². The van der Waals surface area contributed by atoms with Crippen molar-refractivity contribution in [1.82, 2.24) is 15.3 Å². The average molecular weight is 526 g/mol. The third-order valence-electron chi connectivity index (χ3n) is 6.31. The first kappa shape index (κ1) is 25.9. The molecular weight excluding hydrogens is 497 g/mol. The first-order valence-electron chi connectivity index (χ1n) is 12.7. The largest absolute Gasteiger partial charge is 0.487 e. The molecule has 0 fully saturated rings. The molecule has 2 aromatic heterocycles. The normalized spacial score (nSPS) is 11.2. The summed E-state index contributed by atoms with van der Waals surface area (Å²) in [5, 5.41) is 3.55. The van der Waals surface area contributed by atoms with Crippen LogP contribution in [0.1, 0.15) is 46.1 Å². The molecule has 198 valence electrons. The number of carbonyl (C=O) groups is 2. The number of halogens is 1. The van der Waals surface area contributed by atoms with E-state index in [1.807, 2.05) is 32.9 Å². The summed E-state index contributed by atoms with van der Waals surface area (Å²) in [6, 6.07) is 16.5. The van der Waals surface area contributed by atoms with Gasteiger partial charge in [-0.1, -0.05) is 19.9 Å². The first-order chi connectivity index (χ1) is 18.8. The lowest BCUT2D eigenvalue weighted by atomic mass is 9.98. The molecule has 7 nitrogen and oxygen atoms in total. The molecule has 0 unspecified atom stereocenters. The van der Waals surface area contributed by atoms with Gasteiger partial charge in [-0.2, -0.15) is 0 Å². The maximum absolute atomic E-state index is 13.5. The number of fused-ring (bicyclic) bond motifs is 1. The summed E-state index contributed by atoms with van der Waals surface area (Å²) in [4.78, 5) is 32.5. The fraction of sp³-hybridized carbons (Fsp3) is 0.194. The molecule has 8 heteroatoms. The molecule has 5 rings (SSSR count). The van der Waals surface area contributed by atoms with E-state index in [0.717, 1.165) is 23.4 Å². The van der Waals surface area contributed by atoms with Crippen LogP contribution >= 0.6 is 0 Å². The Labute approximate surface area is 225 Å². The minimum absolute atomic E-state index is 0.184. The monoisotopic (exact) mass is 525 g/mol. The van der Waals surface area contributed by atoms with Crippen LogP contribution < -0.4 is 10.1 Å². The highest BCUT2D eigenvalue weighted by Crippen LogP contribution is 2.38. The molecule has 0 bridgehead atoms. The molecule has 0 saturated carbocycles. The van der Waals surface area contributed by atoms with Crippen molar-refractivity contribution in [3.8, 4) is 28.2 Å². The maximum atomic E-state index is 13.5. The van der Waals surface area contributed by atoms with Crippen molar-refractivity contribution in [1.29, 1.82) is 0 Å². The highest BCUT2D eigenvalue weighted by atomic mass is 19.1. The topological polar surface area (TPSA) is 97.2 Å². The van der Waals surface area contributed by atoms with Crippen molar-refractivity contribution in [2.24, 2.45) is 5.92 Å². The molecule has 0 spiro atoms. The third kappa shape index (κ3) is 5.60. The third-order valence-corrected chi connectivity index (χ3v) is 6.31. The molecular formula is C31H28FN3O4. The number of ether oxygens (including phenoxy) is 1. The van der Waals surface area contributed by atoms with Gasteiger partial charge in [0.15, 0.2) is 6.29 Å². The number of H-pyrrole nitrogens is 1. The number of benzene rings is 3. The molecule has 2 N–H and O–H groups in total. The van der Waals surface area contributed by atoms with Crippen molar-refractivity contribution in [3.05, 3.63) is 95.3 Å². The molecule has 39 heavy (non-hydrogen) atoms. The Balaban J connectivity index is 1.57. The number of aromatic amines is 1. The summed E-state index contributed by atoms with van der Waals surface area (Å²) >= 11 is 0. The van der Waals surface area contributed by atoms with Gasteiger partial charge in [-0.05, 0) is 73.0 Å². The molecule has 3 aromatic carbocycles. The number of rotatable bonds is 9. The molecule has 5 aromatic rings. The average Bonchev–Trinajstić information content (AvgIpc) is 3.53. The lowest BCUT2D eigenvalue weighted by Gasteiger charge is -2.14. The molecule has 0 aliphatic carbocycles. The van der Waals surface area contributed by atoms with Gasteiger partial charge in [0.2, 0.25) is 0 Å². The Hall–Kier alpha value is -4.72. The van der Waals surface area contributed by atoms with Gasteiger partial charge in [0.25, 0.3) is 5.91 Å². The Morgan fingerprint density at radius 3 is 2.56 bits per heavy atom. The van der Waals surface area contributed by atoms with Crippen molar-refractivity contribution >= 4 is 23.2 Å². The van der Waals surface area contributed by atoms with E-state index in [4.69, 9.17) is 9.15 Å². The number of carbonyl (C=O) groups excluding carboxylic acids is 2. The molecule has 0 aliphatic heterocycles. The number of amides is 1. The van der Waals surface area contributed by atoms with Gasteiger partial charge in [0.05, 0.1) is 11.3 Å². The van der Waals surface area contributed by atoms with E-state index < -0.39 is 0 Å². The number of imidazole rings is 1. The number of furan rings is 1. The van der Waals surface area contributed by atoms with Crippen LogP contribution in [-0.2, 0) is 6.61 Å². The summed E-state index contributed by atoms with van der Waals surface area (Å²) in [7, 11) is 0. The van der Waals surface area contributed by atoms with E-state index in [9.17, 15) is 14.0 Å². The molecule has 1 amide bonds. The zero-order valence-corrected chi connectivity index (χ0v) is 21.9. The fourth-order valence-corrected chi connectivity index (χ4v) is 4.33. The summed E-state index contributed by atoms with van der Waals surface area (Å²) in [5.41, 5.74) is 4.13. The molecule has 0 saturated heterocycles. The highest BCUT2D eigenvalue weighted by Gasteiger charge is 2.19. The van der Waals surface area contributed by atoms with E-state index in [0.29, 0.717) is 57.2 Å². The van der Waals surface area contributed by atoms with E-state index in [1.54, 1.807) is 42.6 Å². The van der Waals surface area contributed by atoms with Crippen LogP contribution in [0.25, 0.3) is 33.4 Å².